The number of benzene rings is 3. The van der Waals surface area contributed by atoms with Crippen molar-refractivity contribution in [3.8, 4) is 28.4 Å². The van der Waals surface area contributed by atoms with Crippen molar-refractivity contribution >= 4 is 11.6 Å². The van der Waals surface area contributed by atoms with Crippen LogP contribution in [0.3, 0.4) is 0 Å². The zero-order valence-electron chi connectivity index (χ0n) is 21.0. The highest BCUT2D eigenvalue weighted by atomic mass is 35.5. The second-order valence-corrected chi connectivity index (χ2v) is 9.26. The van der Waals surface area contributed by atoms with E-state index < -0.39 is 0 Å². The minimum atomic E-state index is 0.410. The van der Waals surface area contributed by atoms with Crippen LogP contribution in [-0.4, -0.2) is 36.9 Å². The molecule has 7 nitrogen and oxygen atoms in total. The third kappa shape index (κ3) is 5.42. The number of ether oxygens (including phenoxy) is 1. The molecule has 2 aromatic heterocycles. The molecule has 0 atom stereocenters. The molecule has 0 radical (unpaired) electrons. The van der Waals surface area contributed by atoms with E-state index in [1.165, 1.54) is 0 Å². The van der Waals surface area contributed by atoms with Crippen LogP contribution in [0, 0.1) is 0 Å². The molecule has 0 aliphatic heterocycles. The number of aryl methyl sites for hydroxylation is 1. The molecular weight excluding hydrogens is 484 g/mol. The van der Waals surface area contributed by atoms with Crippen molar-refractivity contribution in [3.05, 3.63) is 101 Å². The topological polar surface area (TPSA) is 70.7 Å². The molecule has 5 rings (SSSR count). The van der Waals surface area contributed by atoms with E-state index in [0.717, 1.165) is 58.7 Å². The average molecular weight is 513 g/mol. The van der Waals surface area contributed by atoms with Crippen molar-refractivity contribution in [1.29, 1.82) is 0 Å². The number of hydrogen-bond acceptors (Lipinski definition) is 5. The van der Waals surface area contributed by atoms with E-state index >= 15 is 0 Å². The minimum absolute atomic E-state index is 0.410. The van der Waals surface area contributed by atoms with Gasteiger partial charge in [0.15, 0.2) is 11.0 Å². The number of halogens is 1. The lowest BCUT2D eigenvalue weighted by Crippen LogP contribution is -2.07. The van der Waals surface area contributed by atoms with Gasteiger partial charge in [-0.15, -0.1) is 5.10 Å². The third-order valence-corrected chi connectivity index (χ3v) is 6.63. The lowest BCUT2D eigenvalue weighted by Gasteiger charge is -2.13. The molecule has 5 aromatic rings. The summed E-state index contributed by atoms with van der Waals surface area (Å²) in [6.45, 7) is 3.41. The zero-order chi connectivity index (χ0) is 25.6. The Labute approximate surface area is 221 Å². The lowest BCUT2D eigenvalue weighted by molar-refractivity contribution is 0.374. The monoisotopic (exact) mass is 512 g/mol. The van der Waals surface area contributed by atoms with Gasteiger partial charge in [-0.1, -0.05) is 104 Å². The normalized spacial score (nSPS) is 11.1. The highest BCUT2D eigenvalue weighted by Gasteiger charge is 2.18. The molecule has 3 aromatic carbocycles. The number of tetrazole rings is 1. The smallest absolute Gasteiger partial charge is 0.233 e. The molecule has 0 unspecified atom stereocenters. The Balaban J connectivity index is 1.42. The third-order valence-electron chi connectivity index (χ3n) is 6.39. The van der Waals surface area contributed by atoms with Crippen molar-refractivity contribution < 1.29 is 4.74 Å². The number of methoxy groups -OCH3 is 1. The largest absolute Gasteiger partial charge is 0.480 e. The standard InChI is InChI=1S/C29H29ClN6O/c1-3-4-14-26-31-27(30)29(37-2)35(26)19-22-15-17-23(18-16-22)24-12-8-9-13-25(24)28-32-33-34-36(28)20-21-10-6-5-7-11-21/h5-13,15-18H,3-4,14,19-20H2,1-2H3. The van der Waals surface area contributed by atoms with Crippen LogP contribution in [0.25, 0.3) is 22.5 Å². The van der Waals surface area contributed by atoms with Gasteiger partial charge in [0.05, 0.1) is 20.2 Å². The molecule has 0 spiro atoms. The first-order valence-corrected chi connectivity index (χ1v) is 12.8. The van der Waals surface area contributed by atoms with Crippen molar-refractivity contribution in [1.82, 2.24) is 29.8 Å². The maximum atomic E-state index is 6.36. The quantitative estimate of drug-likeness (QED) is 0.219. The molecule has 0 N–H and O–H groups in total. The van der Waals surface area contributed by atoms with Gasteiger partial charge in [0.1, 0.15) is 5.82 Å². The van der Waals surface area contributed by atoms with E-state index in [-0.39, 0.29) is 0 Å². The molecule has 0 saturated heterocycles. The van der Waals surface area contributed by atoms with Gasteiger partial charge in [-0.05, 0) is 39.1 Å². The molecule has 37 heavy (non-hydrogen) atoms. The van der Waals surface area contributed by atoms with Crippen LogP contribution in [0.15, 0.2) is 78.9 Å². The van der Waals surface area contributed by atoms with Gasteiger partial charge in [-0.25, -0.2) is 9.67 Å². The molecule has 0 saturated carbocycles. The summed E-state index contributed by atoms with van der Waals surface area (Å²) in [5.41, 5.74) is 5.44. The van der Waals surface area contributed by atoms with E-state index in [2.05, 4.69) is 80.5 Å². The highest BCUT2D eigenvalue weighted by molar-refractivity contribution is 6.30. The van der Waals surface area contributed by atoms with Gasteiger partial charge < -0.3 is 4.74 Å². The van der Waals surface area contributed by atoms with Crippen molar-refractivity contribution in [2.75, 3.05) is 7.11 Å². The van der Waals surface area contributed by atoms with Crippen LogP contribution >= 0.6 is 11.6 Å². The van der Waals surface area contributed by atoms with E-state index in [1.54, 1.807) is 7.11 Å². The van der Waals surface area contributed by atoms with E-state index in [0.29, 0.717) is 24.1 Å². The summed E-state index contributed by atoms with van der Waals surface area (Å²) < 4.78 is 9.47. The zero-order valence-corrected chi connectivity index (χ0v) is 21.8. The van der Waals surface area contributed by atoms with Crippen LogP contribution in [0.4, 0.5) is 0 Å². The number of imidazole rings is 1. The summed E-state index contributed by atoms with van der Waals surface area (Å²) >= 11 is 6.36. The molecule has 188 valence electrons. The van der Waals surface area contributed by atoms with Gasteiger partial charge in [0.2, 0.25) is 5.88 Å². The van der Waals surface area contributed by atoms with Gasteiger partial charge in [-0.2, -0.15) is 0 Å². The van der Waals surface area contributed by atoms with Crippen LogP contribution < -0.4 is 4.74 Å². The van der Waals surface area contributed by atoms with Crippen LogP contribution in [0.2, 0.25) is 5.15 Å². The number of rotatable bonds is 10. The first-order valence-electron chi connectivity index (χ1n) is 12.5. The second kappa shape index (κ2) is 11.4. The number of nitrogens with zero attached hydrogens (tertiary/aromatic N) is 6. The summed E-state index contributed by atoms with van der Waals surface area (Å²) in [4.78, 5) is 4.54. The molecule has 0 aliphatic rings. The Bertz CT molecular complexity index is 1460. The SMILES string of the molecule is CCCCc1nc(Cl)c(OC)n1Cc1ccc(-c2ccccc2-c2nnnn2Cc2ccccc2)cc1. The Hall–Kier alpha value is -3.97. The van der Waals surface area contributed by atoms with Crippen LogP contribution in [0.5, 0.6) is 5.88 Å². The summed E-state index contributed by atoms with van der Waals surface area (Å²) in [7, 11) is 1.63. The number of hydrogen-bond donors (Lipinski definition) is 0. The van der Waals surface area contributed by atoms with Gasteiger partial charge in [0, 0.05) is 12.0 Å². The molecule has 0 bridgehead atoms. The van der Waals surface area contributed by atoms with Crippen LogP contribution in [-0.2, 0) is 19.5 Å². The number of unbranched alkanes of at least 4 members (excludes halogenated alkanes) is 1. The fourth-order valence-corrected chi connectivity index (χ4v) is 4.77. The molecule has 0 aliphatic carbocycles. The maximum absolute atomic E-state index is 6.36. The minimum Gasteiger partial charge on any atom is -0.480 e. The predicted octanol–water partition coefficient (Wildman–Crippen LogP) is 6.30. The molecule has 0 fully saturated rings. The Kier molecular flexibility index (Phi) is 7.61. The molecule has 2 heterocycles. The van der Waals surface area contributed by atoms with Gasteiger partial charge in [-0.3, -0.25) is 4.57 Å². The molecule has 0 amide bonds. The number of aromatic nitrogens is 6. The first kappa shape index (κ1) is 24.7. The predicted molar refractivity (Wildman–Crippen MR) is 146 cm³/mol. The molecular formula is C29H29ClN6O. The highest BCUT2D eigenvalue weighted by Crippen LogP contribution is 2.32. The van der Waals surface area contributed by atoms with Gasteiger partial charge >= 0.3 is 0 Å². The summed E-state index contributed by atoms with van der Waals surface area (Å²) in [6.07, 6.45) is 3.01. The Morgan fingerprint density at radius 1 is 0.838 bits per heavy atom. The summed E-state index contributed by atoms with van der Waals surface area (Å²) in [6, 6.07) is 27.0. The fourth-order valence-electron chi connectivity index (χ4n) is 4.50. The van der Waals surface area contributed by atoms with Crippen molar-refractivity contribution in [3.63, 3.8) is 0 Å². The first-order chi connectivity index (χ1) is 18.2. The summed E-state index contributed by atoms with van der Waals surface area (Å²) in [5.74, 6) is 2.29. The average Bonchev–Trinajstić information content (AvgIpc) is 3.51. The second-order valence-electron chi connectivity index (χ2n) is 8.91. The molecule has 8 heteroatoms. The van der Waals surface area contributed by atoms with E-state index in [1.807, 2.05) is 35.0 Å². The van der Waals surface area contributed by atoms with Gasteiger partial charge in [0.25, 0.3) is 0 Å². The Morgan fingerprint density at radius 3 is 2.27 bits per heavy atom. The lowest BCUT2D eigenvalue weighted by atomic mass is 9.98. The van der Waals surface area contributed by atoms with Crippen molar-refractivity contribution in [2.45, 2.75) is 39.3 Å². The summed E-state index contributed by atoms with van der Waals surface area (Å²) in [5, 5.41) is 13.0. The van der Waals surface area contributed by atoms with E-state index in [9.17, 15) is 0 Å². The van der Waals surface area contributed by atoms with Crippen molar-refractivity contribution in [2.24, 2.45) is 0 Å². The van der Waals surface area contributed by atoms with Crippen LogP contribution in [0.1, 0.15) is 36.7 Å². The van der Waals surface area contributed by atoms with E-state index in [4.69, 9.17) is 16.3 Å². The maximum Gasteiger partial charge on any atom is 0.233 e. The fraction of sp³-hybridized carbons (Fsp3) is 0.241. The Morgan fingerprint density at radius 2 is 1.54 bits per heavy atom.